The summed E-state index contributed by atoms with van der Waals surface area (Å²) in [5.74, 6) is 2.02. The van der Waals surface area contributed by atoms with Crippen LogP contribution in [0.2, 0.25) is 0 Å². The molecule has 2 unspecified atom stereocenters. The van der Waals surface area contributed by atoms with Gasteiger partial charge >= 0.3 is 0 Å². The SMILES string of the molecule is COc1ccc(C(N)CC(C)CN)c(OC)c1C. The van der Waals surface area contributed by atoms with Crippen molar-refractivity contribution in [2.75, 3.05) is 20.8 Å². The fourth-order valence-corrected chi connectivity index (χ4v) is 2.14. The molecule has 4 nitrogen and oxygen atoms in total. The predicted octanol–water partition coefficient (Wildman–Crippen LogP) is 2.00. The van der Waals surface area contributed by atoms with Gasteiger partial charge in [-0.25, -0.2) is 0 Å². The van der Waals surface area contributed by atoms with Gasteiger partial charge < -0.3 is 20.9 Å². The second-order valence-corrected chi connectivity index (χ2v) is 4.70. The quantitative estimate of drug-likeness (QED) is 0.812. The number of hydrogen-bond donors (Lipinski definition) is 2. The molecule has 0 radical (unpaired) electrons. The summed E-state index contributed by atoms with van der Waals surface area (Å²) >= 11 is 0. The zero-order chi connectivity index (χ0) is 13.7. The van der Waals surface area contributed by atoms with E-state index < -0.39 is 0 Å². The first-order valence-corrected chi connectivity index (χ1v) is 6.22. The van der Waals surface area contributed by atoms with Crippen molar-refractivity contribution < 1.29 is 9.47 Å². The molecule has 0 fully saturated rings. The second kappa shape index (κ2) is 6.61. The highest BCUT2D eigenvalue weighted by Crippen LogP contribution is 2.35. The molecule has 4 N–H and O–H groups in total. The summed E-state index contributed by atoms with van der Waals surface area (Å²) in [6, 6.07) is 3.83. The zero-order valence-electron chi connectivity index (χ0n) is 11.7. The minimum atomic E-state index is -0.0666. The van der Waals surface area contributed by atoms with Gasteiger partial charge in [0.05, 0.1) is 14.2 Å². The number of hydrogen-bond acceptors (Lipinski definition) is 4. The van der Waals surface area contributed by atoms with Gasteiger partial charge in [0.2, 0.25) is 0 Å². The first kappa shape index (κ1) is 14.8. The van der Waals surface area contributed by atoms with Gasteiger partial charge in [0.1, 0.15) is 11.5 Å². The molecule has 0 aliphatic rings. The Balaban J connectivity index is 3.05. The van der Waals surface area contributed by atoms with Crippen LogP contribution in [0.3, 0.4) is 0 Å². The smallest absolute Gasteiger partial charge is 0.130 e. The highest BCUT2D eigenvalue weighted by Gasteiger charge is 2.18. The molecule has 4 heteroatoms. The lowest BCUT2D eigenvalue weighted by Gasteiger charge is -2.21. The Labute approximate surface area is 109 Å². The Morgan fingerprint density at radius 3 is 2.39 bits per heavy atom. The van der Waals surface area contributed by atoms with Crippen LogP contribution < -0.4 is 20.9 Å². The van der Waals surface area contributed by atoms with Crippen LogP contribution in [0, 0.1) is 12.8 Å². The van der Waals surface area contributed by atoms with Gasteiger partial charge in [-0.1, -0.05) is 13.0 Å². The average molecular weight is 252 g/mol. The lowest BCUT2D eigenvalue weighted by atomic mass is 9.94. The van der Waals surface area contributed by atoms with Crippen LogP contribution in [0.25, 0.3) is 0 Å². The molecule has 0 aliphatic carbocycles. The predicted molar refractivity (Wildman–Crippen MR) is 74.0 cm³/mol. The van der Waals surface area contributed by atoms with E-state index >= 15 is 0 Å². The lowest BCUT2D eigenvalue weighted by molar-refractivity contribution is 0.378. The third kappa shape index (κ3) is 3.15. The Kier molecular flexibility index (Phi) is 5.44. The van der Waals surface area contributed by atoms with Crippen molar-refractivity contribution >= 4 is 0 Å². The molecule has 0 spiro atoms. The van der Waals surface area contributed by atoms with E-state index in [-0.39, 0.29) is 6.04 Å². The highest BCUT2D eigenvalue weighted by atomic mass is 16.5. The number of rotatable bonds is 6. The van der Waals surface area contributed by atoms with E-state index in [1.807, 2.05) is 19.1 Å². The van der Waals surface area contributed by atoms with Crippen molar-refractivity contribution in [3.63, 3.8) is 0 Å². The van der Waals surface area contributed by atoms with Gasteiger partial charge in [-0.15, -0.1) is 0 Å². The second-order valence-electron chi connectivity index (χ2n) is 4.70. The fraction of sp³-hybridized carbons (Fsp3) is 0.571. The van der Waals surface area contributed by atoms with E-state index in [1.54, 1.807) is 14.2 Å². The van der Waals surface area contributed by atoms with E-state index in [0.29, 0.717) is 12.5 Å². The molecule has 0 bridgehead atoms. The average Bonchev–Trinajstić information content (AvgIpc) is 2.37. The summed E-state index contributed by atoms with van der Waals surface area (Å²) in [5.41, 5.74) is 13.9. The van der Waals surface area contributed by atoms with Crippen LogP contribution in [0.5, 0.6) is 11.5 Å². The Bertz CT molecular complexity index is 394. The largest absolute Gasteiger partial charge is 0.496 e. The van der Waals surface area contributed by atoms with E-state index in [2.05, 4.69) is 6.92 Å². The molecule has 0 amide bonds. The van der Waals surface area contributed by atoms with Crippen LogP contribution in [-0.2, 0) is 0 Å². The highest BCUT2D eigenvalue weighted by molar-refractivity contribution is 5.50. The van der Waals surface area contributed by atoms with E-state index in [0.717, 1.165) is 29.0 Å². The summed E-state index contributed by atoms with van der Waals surface area (Å²) in [4.78, 5) is 0. The number of ether oxygens (including phenoxy) is 2. The summed E-state index contributed by atoms with van der Waals surface area (Å²) in [6.07, 6.45) is 0.846. The third-order valence-electron chi connectivity index (χ3n) is 3.27. The van der Waals surface area contributed by atoms with Crippen LogP contribution in [0.4, 0.5) is 0 Å². The van der Waals surface area contributed by atoms with Gasteiger partial charge in [-0.2, -0.15) is 0 Å². The summed E-state index contributed by atoms with van der Waals surface area (Å²) in [5, 5.41) is 0. The maximum Gasteiger partial charge on any atom is 0.130 e. The Morgan fingerprint density at radius 1 is 1.22 bits per heavy atom. The summed E-state index contributed by atoms with van der Waals surface area (Å²) in [6.45, 7) is 4.72. The molecule has 1 aromatic carbocycles. The molecule has 2 atom stereocenters. The van der Waals surface area contributed by atoms with Crippen molar-refractivity contribution in [3.8, 4) is 11.5 Å². The van der Waals surface area contributed by atoms with Gasteiger partial charge in [0.15, 0.2) is 0 Å². The zero-order valence-corrected chi connectivity index (χ0v) is 11.7. The minimum absolute atomic E-state index is 0.0666. The van der Waals surface area contributed by atoms with E-state index in [1.165, 1.54) is 0 Å². The van der Waals surface area contributed by atoms with Crippen LogP contribution in [0.1, 0.15) is 30.5 Å². The fourth-order valence-electron chi connectivity index (χ4n) is 2.14. The Hall–Kier alpha value is -1.26. The van der Waals surface area contributed by atoms with Crippen molar-refractivity contribution in [2.45, 2.75) is 26.3 Å². The van der Waals surface area contributed by atoms with Crippen molar-refractivity contribution in [3.05, 3.63) is 23.3 Å². The molecule has 102 valence electrons. The third-order valence-corrected chi connectivity index (χ3v) is 3.27. The molecule has 0 saturated heterocycles. The normalized spacial score (nSPS) is 14.1. The standard InChI is InChI=1S/C14H24N2O2/c1-9(8-15)7-12(16)11-5-6-13(17-3)10(2)14(11)18-4/h5-6,9,12H,7-8,15-16H2,1-4H3. The minimum Gasteiger partial charge on any atom is -0.496 e. The lowest BCUT2D eigenvalue weighted by Crippen LogP contribution is -2.20. The van der Waals surface area contributed by atoms with Crippen LogP contribution in [0.15, 0.2) is 12.1 Å². The molecule has 0 heterocycles. The van der Waals surface area contributed by atoms with Crippen LogP contribution in [-0.4, -0.2) is 20.8 Å². The maximum absolute atomic E-state index is 6.23. The molecular weight excluding hydrogens is 228 g/mol. The molecule has 1 rings (SSSR count). The van der Waals surface area contributed by atoms with Gasteiger partial charge in [-0.05, 0) is 31.9 Å². The van der Waals surface area contributed by atoms with E-state index in [9.17, 15) is 0 Å². The van der Waals surface area contributed by atoms with E-state index in [4.69, 9.17) is 20.9 Å². The molecule has 18 heavy (non-hydrogen) atoms. The number of methoxy groups -OCH3 is 2. The molecule has 0 aromatic heterocycles. The van der Waals surface area contributed by atoms with Crippen molar-refractivity contribution in [1.29, 1.82) is 0 Å². The number of benzene rings is 1. The van der Waals surface area contributed by atoms with Crippen molar-refractivity contribution in [2.24, 2.45) is 17.4 Å². The summed E-state index contributed by atoms with van der Waals surface area (Å²) in [7, 11) is 3.31. The van der Waals surface area contributed by atoms with Gasteiger partial charge in [-0.3, -0.25) is 0 Å². The monoisotopic (exact) mass is 252 g/mol. The van der Waals surface area contributed by atoms with Crippen LogP contribution >= 0.6 is 0 Å². The number of nitrogens with two attached hydrogens (primary N) is 2. The van der Waals surface area contributed by atoms with Gasteiger partial charge in [0, 0.05) is 17.2 Å². The molecule has 0 saturated carbocycles. The molecule has 1 aromatic rings. The Morgan fingerprint density at radius 2 is 1.89 bits per heavy atom. The summed E-state index contributed by atoms with van der Waals surface area (Å²) < 4.78 is 10.7. The van der Waals surface area contributed by atoms with Crippen molar-refractivity contribution in [1.82, 2.24) is 0 Å². The topological polar surface area (TPSA) is 70.5 Å². The van der Waals surface area contributed by atoms with Gasteiger partial charge in [0.25, 0.3) is 0 Å². The molecular formula is C14H24N2O2. The first-order valence-electron chi connectivity index (χ1n) is 6.22. The first-order chi connectivity index (χ1) is 8.54. The molecule has 0 aliphatic heterocycles. The maximum atomic E-state index is 6.23.